The number of rotatable bonds is 4. The quantitative estimate of drug-likeness (QED) is 0.762. The highest BCUT2D eigenvalue weighted by Gasteiger charge is 2.52. The number of carbonyl (C=O) groups excluding carboxylic acids is 1. The predicted octanol–water partition coefficient (Wildman–Crippen LogP) is 3.57. The topological polar surface area (TPSA) is 84.2 Å². The number of carboxylic acid groups (broad SMARTS) is 1. The third kappa shape index (κ3) is 3.20. The molecule has 1 aromatic heterocycles. The molecule has 2 bridgehead atoms. The van der Waals surface area contributed by atoms with Crippen molar-refractivity contribution in [3.63, 3.8) is 0 Å². The van der Waals surface area contributed by atoms with E-state index in [0.29, 0.717) is 6.42 Å². The van der Waals surface area contributed by atoms with Gasteiger partial charge in [-0.15, -0.1) is 0 Å². The van der Waals surface area contributed by atoms with Crippen molar-refractivity contribution in [3.8, 4) is 11.1 Å². The zero-order valence-corrected chi connectivity index (χ0v) is 15.3. The maximum atomic E-state index is 13.6. The average Bonchev–Trinajstić information content (AvgIpc) is 3.35. The fourth-order valence-electron chi connectivity index (χ4n) is 4.46. The predicted molar refractivity (Wildman–Crippen MR) is 97.6 cm³/mol. The highest BCUT2D eigenvalue weighted by Crippen LogP contribution is 2.49. The van der Waals surface area contributed by atoms with E-state index in [2.05, 4.69) is 10.4 Å². The number of aryl methyl sites for hydroxylation is 1. The van der Waals surface area contributed by atoms with E-state index in [1.54, 1.807) is 24.3 Å². The van der Waals surface area contributed by atoms with Crippen LogP contribution >= 0.6 is 0 Å². The first kappa shape index (κ1) is 19.2. The van der Waals surface area contributed by atoms with Gasteiger partial charge in [-0.1, -0.05) is 42.5 Å². The maximum absolute atomic E-state index is 13.6. The standard InChI is InChI=1S/C20H18F3N3O3/c1-26-17(15(10-5-3-2-4-6-10)16(25-26)20(21,22)23)24-18(27)13-11-7-8-12(9-11)14(13)19(28)29/h2-8,11-14H,9H2,1H3,(H,24,27)(H,28,29)/t11-,12-,13+,14+/m0/s1. The maximum Gasteiger partial charge on any atom is 0.435 e. The van der Waals surface area contributed by atoms with Gasteiger partial charge in [-0.2, -0.15) is 18.3 Å². The summed E-state index contributed by atoms with van der Waals surface area (Å²) < 4.78 is 41.7. The minimum atomic E-state index is -4.72. The van der Waals surface area contributed by atoms with E-state index in [1.807, 2.05) is 6.08 Å². The first-order valence-electron chi connectivity index (χ1n) is 9.10. The summed E-state index contributed by atoms with van der Waals surface area (Å²) in [5, 5.41) is 15.7. The number of anilines is 1. The van der Waals surface area contributed by atoms with Crippen molar-refractivity contribution in [2.45, 2.75) is 12.6 Å². The molecule has 1 fully saturated rings. The van der Waals surface area contributed by atoms with E-state index < -0.39 is 35.6 Å². The number of benzene rings is 1. The lowest BCUT2D eigenvalue weighted by Crippen LogP contribution is -2.36. The lowest BCUT2D eigenvalue weighted by atomic mass is 9.82. The Balaban J connectivity index is 1.74. The smallest absolute Gasteiger partial charge is 0.435 e. The van der Waals surface area contributed by atoms with Gasteiger partial charge in [0.05, 0.1) is 17.4 Å². The minimum absolute atomic E-state index is 0.107. The first-order chi connectivity index (χ1) is 13.7. The SMILES string of the molecule is Cn1nc(C(F)(F)F)c(-c2ccccc2)c1NC(=O)[C@H]1[C@H](C(=O)O)[C@H]2C=C[C@H]1C2. The van der Waals surface area contributed by atoms with Crippen molar-refractivity contribution < 1.29 is 27.9 Å². The van der Waals surface area contributed by atoms with Gasteiger partial charge in [0.1, 0.15) is 5.82 Å². The van der Waals surface area contributed by atoms with Crippen molar-refractivity contribution in [1.82, 2.24) is 9.78 Å². The molecule has 1 amide bonds. The van der Waals surface area contributed by atoms with Crippen LogP contribution in [0.25, 0.3) is 11.1 Å². The number of amides is 1. The number of carboxylic acids is 1. The van der Waals surface area contributed by atoms with E-state index in [1.165, 1.54) is 19.2 Å². The van der Waals surface area contributed by atoms with E-state index in [9.17, 15) is 27.9 Å². The number of hydrogen-bond donors (Lipinski definition) is 2. The van der Waals surface area contributed by atoms with Crippen molar-refractivity contribution in [3.05, 3.63) is 48.2 Å². The van der Waals surface area contributed by atoms with Crippen molar-refractivity contribution in [2.75, 3.05) is 5.32 Å². The van der Waals surface area contributed by atoms with E-state index in [0.717, 1.165) is 4.68 Å². The van der Waals surface area contributed by atoms with E-state index >= 15 is 0 Å². The Morgan fingerprint density at radius 1 is 1.14 bits per heavy atom. The molecule has 2 aliphatic carbocycles. The second kappa shape index (κ2) is 6.75. The molecule has 152 valence electrons. The van der Waals surface area contributed by atoms with Gasteiger partial charge in [-0.3, -0.25) is 14.3 Å². The van der Waals surface area contributed by atoms with E-state index in [-0.39, 0.29) is 28.8 Å². The molecule has 0 unspecified atom stereocenters. The number of aliphatic carboxylic acids is 1. The second-order valence-electron chi connectivity index (χ2n) is 7.39. The van der Waals surface area contributed by atoms with Crippen LogP contribution in [-0.2, 0) is 22.8 Å². The Morgan fingerprint density at radius 3 is 2.34 bits per heavy atom. The summed E-state index contributed by atoms with van der Waals surface area (Å²) in [6.45, 7) is 0. The normalized spacial score (nSPS) is 25.4. The second-order valence-corrected chi connectivity index (χ2v) is 7.39. The van der Waals surface area contributed by atoms with Crippen LogP contribution in [0.3, 0.4) is 0 Å². The fraction of sp³-hybridized carbons (Fsp3) is 0.350. The van der Waals surface area contributed by atoms with Crippen LogP contribution in [-0.4, -0.2) is 26.8 Å². The monoisotopic (exact) mass is 405 g/mol. The number of alkyl halides is 3. The molecule has 0 aliphatic heterocycles. The summed E-state index contributed by atoms with van der Waals surface area (Å²) >= 11 is 0. The molecular formula is C20H18F3N3O3. The number of allylic oxidation sites excluding steroid dienone is 2. The molecule has 2 aliphatic rings. The average molecular weight is 405 g/mol. The summed E-state index contributed by atoms with van der Waals surface area (Å²) in [7, 11) is 1.31. The molecule has 6 nitrogen and oxygen atoms in total. The fourth-order valence-corrected chi connectivity index (χ4v) is 4.46. The van der Waals surface area contributed by atoms with Gasteiger partial charge in [0, 0.05) is 7.05 Å². The zero-order valence-electron chi connectivity index (χ0n) is 15.3. The van der Waals surface area contributed by atoms with Gasteiger partial charge in [-0.05, 0) is 23.8 Å². The highest BCUT2D eigenvalue weighted by molar-refractivity contribution is 5.99. The van der Waals surface area contributed by atoms with Gasteiger partial charge in [-0.25, -0.2) is 0 Å². The molecule has 2 aromatic rings. The van der Waals surface area contributed by atoms with E-state index in [4.69, 9.17) is 0 Å². The van der Waals surface area contributed by atoms with Gasteiger partial charge in [0.25, 0.3) is 0 Å². The van der Waals surface area contributed by atoms with Gasteiger partial charge in [0.15, 0.2) is 5.69 Å². The van der Waals surface area contributed by atoms with Crippen LogP contribution in [0.15, 0.2) is 42.5 Å². The lowest BCUT2D eigenvalue weighted by molar-refractivity contribution is -0.146. The van der Waals surface area contributed by atoms with Gasteiger partial charge in [0.2, 0.25) is 5.91 Å². The number of carbonyl (C=O) groups is 2. The summed E-state index contributed by atoms with van der Waals surface area (Å²) in [5.41, 5.74) is -1.09. The number of halogens is 3. The van der Waals surface area contributed by atoms with Gasteiger partial charge < -0.3 is 10.4 Å². The molecule has 4 atom stereocenters. The van der Waals surface area contributed by atoms with Crippen LogP contribution in [0.1, 0.15) is 12.1 Å². The molecule has 4 rings (SSSR count). The number of hydrogen-bond acceptors (Lipinski definition) is 3. The Kier molecular flexibility index (Phi) is 4.48. The number of fused-ring (bicyclic) bond motifs is 2. The third-order valence-corrected chi connectivity index (χ3v) is 5.67. The number of aromatic nitrogens is 2. The number of nitrogens with one attached hydrogen (secondary N) is 1. The van der Waals surface area contributed by atoms with Crippen LogP contribution in [0.2, 0.25) is 0 Å². The largest absolute Gasteiger partial charge is 0.481 e. The van der Waals surface area contributed by atoms with Crippen LogP contribution in [0.5, 0.6) is 0 Å². The Labute approximate surface area is 164 Å². The molecule has 1 heterocycles. The Hall–Kier alpha value is -3.10. The molecule has 1 aromatic carbocycles. The molecule has 2 N–H and O–H groups in total. The molecule has 0 radical (unpaired) electrons. The molecule has 29 heavy (non-hydrogen) atoms. The summed E-state index contributed by atoms with van der Waals surface area (Å²) in [6, 6.07) is 7.86. The summed E-state index contributed by atoms with van der Waals surface area (Å²) in [5.74, 6) is -4.00. The lowest BCUT2D eigenvalue weighted by Gasteiger charge is -2.24. The minimum Gasteiger partial charge on any atom is -0.481 e. The van der Waals surface area contributed by atoms with Crippen LogP contribution in [0.4, 0.5) is 19.0 Å². The zero-order chi connectivity index (χ0) is 20.9. The van der Waals surface area contributed by atoms with Crippen molar-refractivity contribution >= 4 is 17.7 Å². The Morgan fingerprint density at radius 2 is 1.76 bits per heavy atom. The van der Waals surface area contributed by atoms with Crippen LogP contribution in [0, 0.1) is 23.7 Å². The molecule has 1 saturated carbocycles. The third-order valence-electron chi connectivity index (χ3n) is 5.67. The molecule has 0 spiro atoms. The molecule has 0 saturated heterocycles. The van der Waals surface area contributed by atoms with Gasteiger partial charge >= 0.3 is 12.1 Å². The molecule has 9 heteroatoms. The molecular weight excluding hydrogens is 387 g/mol. The number of nitrogens with zero attached hydrogens (tertiary/aromatic N) is 2. The Bertz CT molecular complexity index is 998. The highest BCUT2D eigenvalue weighted by atomic mass is 19.4. The summed E-state index contributed by atoms with van der Waals surface area (Å²) in [6.07, 6.45) is -0.546. The van der Waals surface area contributed by atoms with Crippen molar-refractivity contribution in [1.29, 1.82) is 0 Å². The van der Waals surface area contributed by atoms with Crippen molar-refractivity contribution in [2.24, 2.45) is 30.7 Å². The van der Waals surface area contributed by atoms with Crippen LogP contribution < -0.4 is 5.32 Å². The first-order valence-corrected chi connectivity index (χ1v) is 9.10. The summed E-state index contributed by atoms with van der Waals surface area (Å²) in [4.78, 5) is 24.7.